The largest absolute Gasteiger partial charge is 0.444 e. The Morgan fingerprint density at radius 2 is 1.43 bits per heavy atom. The quantitative estimate of drug-likeness (QED) is 0.243. The van der Waals surface area contributed by atoms with Crippen LogP contribution < -0.4 is 21.7 Å². The molecule has 0 aliphatic rings. The summed E-state index contributed by atoms with van der Waals surface area (Å²) in [5.41, 5.74) is 6.66. The van der Waals surface area contributed by atoms with Gasteiger partial charge in [-0.25, -0.2) is 4.79 Å². The van der Waals surface area contributed by atoms with Gasteiger partial charge in [0.1, 0.15) is 11.6 Å². The van der Waals surface area contributed by atoms with E-state index in [-0.39, 0.29) is 24.2 Å². The zero-order chi connectivity index (χ0) is 29.7. The van der Waals surface area contributed by atoms with E-state index in [0.717, 1.165) is 11.1 Å². The molecule has 2 aromatic rings. The summed E-state index contributed by atoms with van der Waals surface area (Å²) in [6, 6.07) is 17.5. The molecule has 0 saturated carbocycles. The lowest BCUT2D eigenvalue weighted by Gasteiger charge is -2.30. The van der Waals surface area contributed by atoms with E-state index < -0.39 is 35.8 Å². The first-order chi connectivity index (χ1) is 18.9. The second kappa shape index (κ2) is 16.0. The highest BCUT2D eigenvalue weighted by atomic mass is 16.6. The lowest BCUT2D eigenvalue weighted by Crippen LogP contribution is -2.53. The smallest absolute Gasteiger partial charge is 0.407 e. The van der Waals surface area contributed by atoms with Gasteiger partial charge in [0.05, 0.1) is 12.1 Å². The first-order valence-corrected chi connectivity index (χ1v) is 13.9. The Morgan fingerprint density at radius 1 is 0.875 bits per heavy atom. The van der Waals surface area contributed by atoms with E-state index in [4.69, 9.17) is 10.5 Å². The average molecular weight is 555 g/mol. The van der Waals surface area contributed by atoms with Crippen molar-refractivity contribution in [1.29, 1.82) is 0 Å². The number of hydrogen-bond donors (Lipinski definition) is 5. The molecule has 0 radical (unpaired) electrons. The van der Waals surface area contributed by atoms with E-state index in [2.05, 4.69) is 16.0 Å². The first-order valence-electron chi connectivity index (χ1n) is 13.9. The highest BCUT2D eigenvalue weighted by Gasteiger charge is 2.32. The number of amides is 3. The fraction of sp³-hybridized carbons (Fsp3) is 0.516. The SMILES string of the molecule is CC(C)[C@H](NC(=O)[C@H](Cc1ccccc1)C[C@H](O)[C@H](Cc1ccccc1)NC(=O)OC(C)(C)C)C(=O)NCCN. The predicted octanol–water partition coefficient (Wildman–Crippen LogP) is 2.95. The summed E-state index contributed by atoms with van der Waals surface area (Å²) in [5.74, 6) is -1.48. The van der Waals surface area contributed by atoms with E-state index >= 15 is 0 Å². The van der Waals surface area contributed by atoms with Crippen LogP contribution in [0.25, 0.3) is 0 Å². The number of carbonyl (C=O) groups excluding carboxylic acids is 3. The van der Waals surface area contributed by atoms with Crippen LogP contribution in [-0.4, -0.2) is 59.9 Å². The van der Waals surface area contributed by atoms with Crippen molar-refractivity contribution in [2.45, 2.75) is 77.7 Å². The third kappa shape index (κ3) is 11.8. The molecule has 0 bridgehead atoms. The van der Waals surface area contributed by atoms with Crippen LogP contribution >= 0.6 is 0 Å². The highest BCUT2D eigenvalue weighted by Crippen LogP contribution is 2.20. The van der Waals surface area contributed by atoms with Gasteiger partial charge in [-0.2, -0.15) is 0 Å². The lowest BCUT2D eigenvalue weighted by molar-refractivity contribution is -0.132. The molecular formula is C31H46N4O5. The zero-order valence-electron chi connectivity index (χ0n) is 24.4. The van der Waals surface area contributed by atoms with Crippen LogP contribution in [-0.2, 0) is 27.2 Å². The van der Waals surface area contributed by atoms with Gasteiger partial charge in [0.25, 0.3) is 0 Å². The molecule has 0 spiro atoms. The summed E-state index contributed by atoms with van der Waals surface area (Å²) in [7, 11) is 0. The fourth-order valence-corrected chi connectivity index (χ4v) is 4.36. The molecule has 6 N–H and O–H groups in total. The van der Waals surface area contributed by atoms with E-state index in [9.17, 15) is 19.5 Å². The van der Waals surface area contributed by atoms with Gasteiger partial charge >= 0.3 is 6.09 Å². The number of carbonyl (C=O) groups is 3. The van der Waals surface area contributed by atoms with Crippen LogP contribution in [0.4, 0.5) is 4.79 Å². The Labute approximate surface area is 238 Å². The predicted molar refractivity (Wildman–Crippen MR) is 156 cm³/mol. The van der Waals surface area contributed by atoms with Gasteiger partial charge in [-0.3, -0.25) is 9.59 Å². The summed E-state index contributed by atoms with van der Waals surface area (Å²) in [5, 5.41) is 19.9. The van der Waals surface area contributed by atoms with Gasteiger partial charge in [0, 0.05) is 19.0 Å². The van der Waals surface area contributed by atoms with E-state index in [1.165, 1.54) is 0 Å². The maximum Gasteiger partial charge on any atom is 0.407 e. The van der Waals surface area contributed by atoms with Crippen LogP contribution in [0.3, 0.4) is 0 Å². The molecule has 220 valence electrons. The number of aliphatic hydroxyl groups is 1. The van der Waals surface area contributed by atoms with Crippen molar-refractivity contribution in [1.82, 2.24) is 16.0 Å². The van der Waals surface area contributed by atoms with Crippen molar-refractivity contribution in [3.8, 4) is 0 Å². The summed E-state index contributed by atoms with van der Waals surface area (Å²) < 4.78 is 5.45. The van der Waals surface area contributed by atoms with Crippen molar-refractivity contribution in [3.05, 3.63) is 71.8 Å². The van der Waals surface area contributed by atoms with Crippen molar-refractivity contribution < 1.29 is 24.2 Å². The molecule has 0 fully saturated rings. The summed E-state index contributed by atoms with van der Waals surface area (Å²) in [6.45, 7) is 9.62. The highest BCUT2D eigenvalue weighted by molar-refractivity contribution is 5.88. The standard InChI is InChI=1S/C31H46N4O5/c1-21(2)27(29(38)33-17-16-32)35-28(37)24(18-22-12-8-6-9-13-22)20-26(36)25(19-23-14-10-7-11-15-23)34-30(39)40-31(3,4)5/h6-15,21,24-27,36H,16-20,32H2,1-5H3,(H,33,38)(H,34,39)(H,35,37)/t24-,25+,26+,27+/m1/s1. The molecule has 0 aromatic heterocycles. The number of ether oxygens (including phenoxy) is 1. The van der Waals surface area contributed by atoms with Crippen LogP contribution in [0, 0.1) is 11.8 Å². The number of hydrogen-bond acceptors (Lipinski definition) is 6. The van der Waals surface area contributed by atoms with Crippen molar-refractivity contribution in [2.75, 3.05) is 13.1 Å². The van der Waals surface area contributed by atoms with Gasteiger partial charge < -0.3 is 31.5 Å². The molecule has 4 atom stereocenters. The minimum absolute atomic E-state index is 0.0588. The molecule has 3 amide bonds. The topological polar surface area (TPSA) is 143 Å². The summed E-state index contributed by atoms with van der Waals surface area (Å²) >= 11 is 0. The maximum atomic E-state index is 13.6. The Hall–Kier alpha value is -3.43. The Balaban J connectivity index is 2.29. The molecule has 9 heteroatoms. The van der Waals surface area contributed by atoms with Gasteiger partial charge in [-0.05, 0) is 57.1 Å². The molecule has 0 heterocycles. The Morgan fingerprint density at radius 3 is 1.93 bits per heavy atom. The van der Waals surface area contributed by atoms with Gasteiger partial charge in [-0.1, -0.05) is 74.5 Å². The minimum atomic E-state index is -1.07. The first kappa shape index (κ1) is 32.8. The maximum absolute atomic E-state index is 13.6. The van der Waals surface area contributed by atoms with Crippen molar-refractivity contribution in [3.63, 3.8) is 0 Å². The molecule has 0 unspecified atom stereocenters. The van der Waals surface area contributed by atoms with Gasteiger partial charge in [0.2, 0.25) is 11.8 Å². The third-order valence-corrected chi connectivity index (χ3v) is 6.38. The minimum Gasteiger partial charge on any atom is -0.444 e. The van der Waals surface area contributed by atoms with Crippen LogP contribution in [0.15, 0.2) is 60.7 Å². The number of alkyl carbamates (subject to hydrolysis) is 1. The van der Waals surface area contributed by atoms with Crippen LogP contribution in [0.5, 0.6) is 0 Å². The normalized spacial score (nSPS) is 14.5. The van der Waals surface area contributed by atoms with E-state index in [1.54, 1.807) is 20.8 Å². The van der Waals surface area contributed by atoms with E-state index in [0.29, 0.717) is 25.9 Å². The Kier molecular flexibility index (Phi) is 13.1. The van der Waals surface area contributed by atoms with Crippen molar-refractivity contribution in [2.24, 2.45) is 17.6 Å². The third-order valence-electron chi connectivity index (χ3n) is 6.38. The molecule has 2 aromatic carbocycles. The molecule has 40 heavy (non-hydrogen) atoms. The lowest BCUT2D eigenvalue weighted by atomic mass is 9.88. The van der Waals surface area contributed by atoms with Crippen LogP contribution in [0.1, 0.15) is 52.2 Å². The number of nitrogens with one attached hydrogen (secondary N) is 3. The molecule has 0 saturated heterocycles. The average Bonchev–Trinajstić information content (AvgIpc) is 2.89. The fourth-order valence-electron chi connectivity index (χ4n) is 4.36. The van der Waals surface area contributed by atoms with Crippen molar-refractivity contribution >= 4 is 17.9 Å². The number of benzene rings is 2. The van der Waals surface area contributed by atoms with E-state index in [1.807, 2.05) is 74.5 Å². The summed E-state index contributed by atoms with van der Waals surface area (Å²) in [6.07, 6.45) is -0.965. The number of nitrogens with two attached hydrogens (primary N) is 1. The molecular weight excluding hydrogens is 508 g/mol. The number of rotatable bonds is 14. The number of aliphatic hydroxyl groups excluding tert-OH is 1. The Bertz CT molecular complexity index is 1060. The summed E-state index contributed by atoms with van der Waals surface area (Å²) in [4.78, 5) is 39.0. The second-order valence-corrected chi connectivity index (χ2v) is 11.4. The monoisotopic (exact) mass is 554 g/mol. The van der Waals surface area contributed by atoms with Gasteiger partial charge in [-0.15, -0.1) is 0 Å². The molecule has 0 aliphatic heterocycles. The molecule has 0 aliphatic carbocycles. The molecule has 9 nitrogen and oxygen atoms in total. The van der Waals surface area contributed by atoms with Crippen LogP contribution in [0.2, 0.25) is 0 Å². The second-order valence-electron chi connectivity index (χ2n) is 11.4. The molecule has 2 rings (SSSR count). The van der Waals surface area contributed by atoms with Gasteiger partial charge in [0.15, 0.2) is 0 Å². The zero-order valence-corrected chi connectivity index (χ0v) is 24.4.